The second-order valence-electron chi connectivity index (χ2n) is 9.38. The van der Waals surface area contributed by atoms with Gasteiger partial charge in [-0.2, -0.15) is 0 Å². The van der Waals surface area contributed by atoms with Gasteiger partial charge in [-0.1, -0.05) is 36.4 Å². The van der Waals surface area contributed by atoms with Crippen LogP contribution in [-0.2, 0) is 16.0 Å². The molecule has 1 amide bonds. The van der Waals surface area contributed by atoms with Crippen LogP contribution in [0.1, 0.15) is 52.0 Å². The normalized spacial score (nSPS) is 15.3. The number of pyridine rings is 2. The van der Waals surface area contributed by atoms with Crippen molar-refractivity contribution < 1.29 is 29.4 Å². The number of carbonyl (C=O) groups is 2. The summed E-state index contributed by atoms with van der Waals surface area (Å²) in [5.41, 5.74) is 6.75. The molecule has 9 heteroatoms. The number of fused-ring (bicyclic) bond motifs is 1. The van der Waals surface area contributed by atoms with E-state index in [4.69, 9.17) is 14.7 Å². The summed E-state index contributed by atoms with van der Waals surface area (Å²) in [6, 6.07) is 16.2. The van der Waals surface area contributed by atoms with Crippen LogP contribution < -0.4 is 5.48 Å². The van der Waals surface area contributed by atoms with Gasteiger partial charge in [0.1, 0.15) is 0 Å². The van der Waals surface area contributed by atoms with E-state index in [9.17, 15) is 14.7 Å². The summed E-state index contributed by atoms with van der Waals surface area (Å²) in [6.45, 7) is 0.713. The predicted molar refractivity (Wildman–Crippen MR) is 145 cm³/mol. The Morgan fingerprint density at radius 3 is 2.59 bits per heavy atom. The zero-order chi connectivity index (χ0) is 27.2. The zero-order valence-electron chi connectivity index (χ0n) is 21.3. The second kappa shape index (κ2) is 12.1. The number of hydroxylamine groups is 1. The van der Waals surface area contributed by atoms with Gasteiger partial charge in [0, 0.05) is 43.0 Å². The first-order valence-electron chi connectivity index (χ1n) is 12.9. The molecule has 0 radical (unpaired) electrons. The van der Waals surface area contributed by atoms with Crippen molar-refractivity contribution in [3.63, 3.8) is 0 Å². The number of nitrogens with one attached hydrogen (secondary N) is 1. The van der Waals surface area contributed by atoms with Crippen LogP contribution in [0.5, 0.6) is 0 Å². The van der Waals surface area contributed by atoms with Gasteiger partial charge < -0.3 is 14.9 Å². The molecule has 3 heterocycles. The van der Waals surface area contributed by atoms with Gasteiger partial charge in [-0.3, -0.25) is 9.78 Å². The number of carbonyl (C=O) groups excluding carboxylic acids is 1. The van der Waals surface area contributed by atoms with Crippen molar-refractivity contribution in [2.75, 3.05) is 13.2 Å². The Morgan fingerprint density at radius 1 is 1.03 bits per heavy atom. The molecule has 39 heavy (non-hydrogen) atoms. The van der Waals surface area contributed by atoms with E-state index >= 15 is 0 Å². The molecule has 0 bridgehead atoms. The van der Waals surface area contributed by atoms with E-state index in [1.165, 1.54) is 0 Å². The smallest absolute Gasteiger partial charge is 0.336 e. The number of aromatic nitrogens is 2. The van der Waals surface area contributed by atoms with Gasteiger partial charge in [0.15, 0.2) is 6.29 Å². The number of aryl methyl sites for hydroxylation is 1. The number of hydrogen-bond acceptors (Lipinski definition) is 7. The molecule has 0 spiro atoms. The fourth-order valence-corrected chi connectivity index (χ4v) is 4.64. The second-order valence-corrected chi connectivity index (χ2v) is 9.38. The summed E-state index contributed by atoms with van der Waals surface area (Å²) in [4.78, 5) is 39.8. The Hall–Kier alpha value is -4.18. The number of ether oxygens (including phenoxy) is 1. The lowest BCUT2D eigenvalue weighted by Gasteiger charge is -2.22. The Balaban J connectivity index is 1.48. The fraction of sp³-hybridized carbons (Fsp3) is 0.267. The molecule has 1 fully saturated rings. The minimum Gasteiger partial charge on any atom is -0.478 e. The third-order valence-electron chi connectivity index (χ3n) is 6.71. The molecule has 1 aliphatic rings. The summed E-state index contributed by atoms with van der Waals surface area (Å²) < 4.78 is 5.52. The van der Waals surface area contributed by atoms with E-state index in [1.54, 1.807) is 36.7 Å². The fourth-order valence-electron chi connectivity index (χ4n) is 4.64. The summed E-state index contributed by atoms with van der Waals surface area (Å²) in [5.74, 6) is -1.60. The largest absolute Gasteiger partial charge is 0.478 e. The summed E-state index contributed by atoms with van der Waals surface area (Å²) >= 11 is 0. The van der Waals surface area contributed by atoms with E-state index in [2.05, 4.69) is 15.4 Å². The molecule has 5 rings (SSSR count). The molecule has 9 nitrogen and oxygen atoms in total. The molecule has 1 saturated heterocycles. The third kappa shape index (κ3) is 6.12. The number of aliphatic hydroxyl groups is 1. The SMILES string of the molecule is O=C(O)c1cc(-c2ccc(CCCO)cc2)ccc1-c1cc(C(=O)NOC2CCCCO2)c2cnccc2n1. The summed E-state index contributed by atoms with van der Waals surface area (Å²) in [5, 5.41) is 19.7. The first kappa shape index (κ1) is 26.4. The number of benzene rings is 2. The number of nitrogens with zero attached hydrogens (tertiary/aromatic N) is 2. The van der Waals surface area contributed by atoms with Crippen molar-refractivity contribution in [1.82, 2.24) is 15.4 Å². The molecule has 1 atom stereocenters. The van der Waals surface area contributed by atoms with Gasteiger partial charge in [0.25, 0.3) is 5.91 Å². The lowest BCUT2D eigenvalue weighted by Crippen LogP contribution is -2.33. The van der Waals surface area contributed by atoms with Crippen molar-refractivity contribution in [3.05, 3.63) is 83.7 Å². The van der Waals surface area contributed by atoms with Gasteiger partial charge in [0.05, 0.1) is 22.3 Å². The standard InChI is InChI=1S/C30H29N3O6/c34-14-3-4-19-6-8-20(9-7-19)21-10-11-22(24(16-21)30(36)37)27-17-23(25-18-31-13-12-26(25)32-27)29(35)33-39-28-5-1-2-15-38-28/h6-13,16-18,28,34H,1-5,14-15H2,(H,33,35)(H,36,37). The average Bonchev–Trinajstić information content (AvgIpc) is 2.98. The van der Waals surface area contributed by atoms with Crippen LogP contribution in [0.3, 0.4) is 0 Å². The number of hydrogen-bond donors (Lipinski definition) is 3. The van der Waals surface area contributed by atoms with Gasteiger partial charge in [-0.05, 0) is 60.6 Å². The zero-order valence-corrected chi connectivity index (χ0v) is 21.3. The predicted octanol–water partition coefficient (Wildman–Crippen LogP) is 4.77. The highest BCUT2D eigenvalue weighted by molar-refractivity contribution is 6.07. The van der Waals surface area contributed by atoms with Crippen LogP contribution in [-0.4, -0.2) is 51.6 Å². The number of amides is 1. The molecule has 0 saturated carbocycles. The molecule has 2 aromatic heterocycles. The number of carboxylic acid groups (broad SMARTS) is 1. The van der Waals surface area contributed by atoms with Crippen LogP contribution >= 0.6 is 0 Å². The monoisotopic (exact) mass is 527 g/mol. The highest BCUT2D eigenvalue weighted by Crippen LogP contribution is 2.31. The molecule has 1 unspecified atom stereocenters. The number of aliphatic hydroxyl groups excluding tert-OH is 1. The molecular formula is C30H29N3O6. The highest BCUT2D eigenvalue weighted by atomic mass is 16.8. The van der Waals surface area contributed by atoms with E-state index in [1.807, 2.05) is 30.3 Å². The van der Waals surface area contributed by atoms with Crippen molar-refractivity contribution in [3.8, 4) is 22.4 Å². The topological polar surface area (TPSA) is 131 Å². The molecule has 4 aromatic rings. The van der Waals surface area contributed by atoms with Gasteiger partial charge in [0.2, 0.25) is 0 Å². The quantitative estimate of drug-likeness (QED) is 0.265. The average molecular weight is 528 g/mol. The first-order chi connectivity index (χ1) is 19.0. The maximum atomic E-state index is 13.2. The van der Waals surface area contributed by atoms with Crippen LogP contribution in [0.4, 0.5) is 0 Å². The van der Waals surface area contributed by atoms with Crippen LogP contribution in [0.25, 0.3) is 33.3 Å². The number of carboxylic acids is 1. The Kier molecular flexibility index (Phi) is 8.21. The van der Waals surface area contributed by atoms with Crippen molar-refractivity contribution in [2.45, 2.75) is 38.4 Å². The van der Waals surface area contributed by atoms with Crippen molar-refractivity contribution >= 4 is 22.8 Å². The molecule has 2 aromatic carbocycles. The van der Waals surface area contributed by atoms with Gasteiger partial charge >= 0.3 is 5.97 Å². The van der Waals surface area contributed by atoms with E-state index in [0.717, 1.165) is 36.0 Å². The Bertz CT molecular complexity index is 1480. The van der Waals surface area contributed by atoms with Crippen LogP contribution in [0, 0.1) is 0 Å². The van der Waals surface area contributed by atoms with E-state index in [-0.39, 0.29) is 17.7 Å². The number of rotatable bonds is 9. The van der Waals surface area contributed by atoms with E-state index in [0.29, 0.717) is 41.6 Å². The molecule has 200 valence electrons. The van der Waals surface area contributed by atoms with Crippen LogP contribution in [0.2, 0.25) is 0 Å². The Morgan fingerprint density at radius 2 is 1.85 bits per heavy atom. The minimum atomic E-state index is -1.10. The third-order valence-corrected chi connectivity index (χ3v) is 6.71. The molecule has 1 aliphatic heterocycles. The number of aromatic carboxylic acids is 1. The van der Waals surface area contributed by atoms with Crippen molar-refractivity contribution in [2.24, 2.45) is 0 Å². The maximum Gasteiger partial charge on any atom is 0.336 e. The van der Waals surface area contributed by atoms with Crippen LogP contribution in [0.15, 0.2) is 67.0 Å². The highest BCUT2D eigenvalue weighted by Gasteiger charge is 2.21. The molecule has 0 aliphatic carbocycles. The lowest BCUT2D eigenvalue weighted by atomic mass is 9.95. The summed E-state index contributed by atoms with van der Waals surface area (Å²) in [6.07, 6.45) is 6.66. The van der Waals surface area contributed by atoms with Gasteiger partial charge in [-0.25, -0.2) is 20.1 Å². The first-order valence-corrected chi connectivity index (χ1v) is 12.9. The Labute approximate surface area is 225 Å². The lowest BCUT2D eigenvalue weighted by molar-refractivity contribution is -0.186. The molecule has 3 N–H and O–H groups in total. The van der Waals surface area contributed by atoms with Crippen molar-refractivity contribution in [1.29, 1.82) is 0 Å². The van der Waals surface area contributed by atoms with E-state index < -0.39 is 18.2 Å². The minimum absolute atomic E-state index is 0.0657. The molecular weight excluding hydrogens is 498 g/mol. The summed E-state index contributed by atoms with van der Waals surface area (Å²) in [7, 11) is 0. The van der Waals surface area contributed by atoms with Gasteiger partial charge in [-0.15, -0.1) is 0 Å². The maximum absolute atomic E-state index is 13.2.